The molecule has 4 nitrogen and oxygen atoms in total. The van der Waals surface area contributed by atoms with Crippen LogP contribution in [0.5, 0.6) is 5.75 Å². The molecule has 0 aliphatic heterocycles. The van der Waals surface area contributed by atoms with E-state index < -0.39 is 10.0 Å². The highest BCUT2D eigenvalue weighted by atomic mass is 32.2. The minimum Gasteiger partial charge on any atom is -0.496 e. The number of hydrogen-bond acceptors (Lipinski definition) is 3. The predicted molar refractivity (Wildman–Crippen MR) is 97.0 cm³/mol. The molecule has 2 aromatic rings. The van der Waals surface area contributed by atoms with Crippen molar-refractivity contribution in [3.63, 3.8) is 0 Å². The van der Waals surface area contributed by atoms with Gasteiger partial charge in [-0.1, -0.05) is 30.7 Å². The minimum atomic E-state index is -3.60. The Morgan fingerprint density at radius 1 is 1.12 bits per heavy atom. The van der Waals surface area contributed by atoms with Crippen LogP contribution in [0.1, 0.15) is 42.1 Å². The second-order valence-corrected chi connectivity index (χ2v) is 7.74. The van der Waals surface area contributed by atoms with Crippen LogP contribution in [-0.2, 0) is 16.4 Å². The summed E-state index contributed by atoms with van der Waals surface area (Å²) in [5.41, 5.74) is 4.04. The van der Waals surface area contributed by atoms with E-state index in [1.165, 1.54) is 0 Å². The van der Waals surface area contributed by atoms with E-state index in [9.17, 15) is 8.42 Å². The topological polar surface area (TPSA) is 55.4 Å². The molecule has 1 atom stereocenters. The molecule has 0 aromatic heterocycles. The lowest BCUT2D eigenvalue weighted by Crippen LogP contribution is -2.27. The fraction of sp³-hybridized carbons (Fsp3) is 0.368. The largest absolute Gasteiger partial charge is 0.496 e. The molecule has 1 N–H and O–H groups in total. The van der Waals surface area contributed by atoms with Gasteiger partial charge >= 0.3 is 0 Å². The van der Waals surface area contributed by atoms with E-state index in [-0.39, 0.29) is 10.9 Å². The maximum absolute atomic E-state index is 12.7. The van der Waals surface area contributed by atoms with Gasteiger partial charge < -0.3 is 4.74 Å². The Bertz CT molecular complexity index is 829. The van der Waals surface area contributed by atoms with Gasteiger partial charge in [0.1, 0.15) is 5.75 Å². The third-order valence-electron chi connectivity index (χ3n) is 4.18. The number of nitrogens with one attached hydrogen (secondary N) is 1. The molecule has 130 valence electrons. The second-order valence-electron chi connectivity index (χ2n) is 6.03. The van der Waals surface area contributed by atoms with Crippen molar-refractivity contribution >= 4 is 10.0 Å². The van der Waals surface area contributed by atoms with Gasteiger partial charge in [-0.3, -0.25) is 0 Å². The van der Waals surface area contributed by atoms with E-state index in [1.54, 1.807) is 25.3 Å². The number of benzene rings is 2. The SMILES string of the molecule is CCc1cc(S(=O)(=O)NC(C)c2cc(C)ccc2C)ccc1OC. The summed E-state index contributed by atoms with van der Waals surface area (Å²) >= 11 is 0. The van der Waals surface area contributed by atoms with Gasteiger partial charge in [0, 0.05) is 6.04 Å². The predicted octanol–water partition coefficient (Wildman–Crippen LogP) is 3.91. The first-order valence-corrected chi connectivity index (χ1v) is 9.53. The lowest BCUT2D eigenvalue weighted by molar-refractivity contribution is 0.409. The third-order valence-corrected chi connectivity index (χ3v) is 5.71. The number of rotatable bonds is 6. The number of sulfonamides is 1. The molecule has 0 amide bonds. The normalized spacial score (nSPS) is 12.9. The molecule has 0 fully saturated rings. The molecule has 5 heteroatoms. The molecule has 0 bridgehead atoms. The van der Waals surface area contributed by atoms with Crippen LogP contribution < -0.4 is 9.46 Å². The average Bonchev–Trinajstić information content (AvgIpc) is 2.55. The number of ether oxygens (including phenoxy) is 1. The molecule has 0 spiro atoms. The van der Waals surface area contributed by atoms with Crippen molar-refractivity contribution in [3.8, 4) is 5.75 Å². The molecule has 1 unspecified atom stereocenters. The van der Waals surface area contributed by atoms with Gasteiger partial charge in [-0.25, -0.2) is 13.1 Å². The van der Waals surface area contributed by atoms with E-state index in [1.807, 2.05) is 45.9 Å². The Kier molecular flexibility index (Phi) is 5.67. The van der Waals surface area contributed by atoms with Crippen LogP contribution in [0.25, 0.3) is 0 Å². The minimum absolute atomic E-state index is 0.261. The molecular weight excluding hydrogens is 322 g/mol. The van der Waals surface area contributed by atoms with Crippen LogP contribution >= 0.6 is 0 Å². The van der Waals surface area contributed by atoms with Crippen LogP contribution in [0, 0.1) is 13.8 Å². The molecule has 24 heavy (non-hydrogen) atoms. The zero-order chi connectivity index (χ0) is 17.9. The summed E-state index contributed by atoms with van der Waals surface area (Å²) in [7, 11) is -2.01. The molecule has 2 rings (SSSR count). The molecule has 0 heterocycles. The van der Waals surface area contributed by atoms with Gasteiger partial charge in [-0.15, -0.1) is 0 Å². The molecule has 0 aliphatic rings. The van der Waals surface area contributed by atoms with Crippen LogP contribution in [-0.4, -0.2) is 15.5 Å². The zero-order valence-corrected chi connectivity index (χ0v) is 15.7. The fourth-order valence-corrected chi connectivity index (χ4v) is 4.06. The van der Waals surface area contributed by atoms with E-state index in [0.29, 0.717) is 12.2 Å². The van der Waals surface area contributed by atoms with Crippen molar-refractivity contribution < 1.29 is 13.2 Å². The Hall–Kier alpha value is -1.85. The quantitative estimate of drug-likeness (QED) is 0.862. The summed E-state index contributed by atoms with van der Waals surface area (Å²) < 4.78 is 33.5. The highest BCUT2D eigenvalue weighted by Crippen LogP contribution is 2.25. The van der Waals surface area contributed by atoms with Crippen molar-refractivity contribution in [2.75, 3.05) is 7.11 Å². The van der Waals surface area contributed by atoms with Gasteiger partial charge in [-0.2, -0.15) is 0 Å². The molecule has 0 radical (unpaired) electrons. The summed E-state index contributed by atoms with van der Waals surface area (Å²) in [6.45, 7) is 7.83. The Morgan fingerprint density at radius 2 is 1.83 bits per heavy atom. The van der Waals surface area contributed by atoms with Crippen molar-refractivity contribution in [2.24, 2.45) is 0 Å². The van der Waals surface area contributed by atoms with E-state index in [0.717, 1.165) is 22.3 Å². The first-order valence-electron chi connectivity index (χ1n) is 8.05. The fourth-order valence-electron chi connectivity index (χ4n) is 2.79. The first kappa shape index (κ1) is 18.5. The Morgan fingerprint density at radius 3 is 2.46 bits per heavy atom. The summed E-state index contributed by atoms with van der Waals surface area (Å²) in [5.74, 6) is 0.707. The van der Waals surface area contributed by atoms with Gasteiger partial charge in [0.15, 0.2) is 0 Å². The standard InChI is InChI=1S/C19H25NO3S/c1-6-16-12-17(9-10-19(16)23-5)24(21,22)20-15(4)18-11-13(2)7-8-14(18)3/h7-12,15,20H,6H2,1-5H3. The van der Waals surface area contributed by atoms with E-state index >= 15 is 0 Å². The average molecular weight is 347 g/mol. The van der Waals surface area contributed by atoms with Gasteiger partial charge in [-0.05, 0) is 62.1 Å². The summed E-state index contributed by atoms with van der Waals surface area (Å²) in [6, 6.07) is 10.7. The highest BCUT2D eigenvalue weighted by Gasteiger charge is 2.20. The van der Waals surface area contributed by atoms with Crippen molar-refractivity contribution in [1.29, 1.82) is 0 Å². The van der Waals surface area contributed by atoms with Crippen molar-refractivity contribution in [1.82, 2.24) is 4.72 Å². The maximum atomic E-state index is 12.7. The Labute approximate surface area is 144 Å². The summed E-state index contributed by atoms with van der Waals surface area (Å²) in [6.07, 6.45) is 0.707. The second kappa shape index (κ2) is 7.36. The number of aryl methyl sites for hydroxylation is 3. The molecule has 2 aromatic carbocycles. The van der Waals surface area contributed by atoms with Crippen LogP contribution in [0.4, 0.5) is 0 Å². The monoisotopic (exact) mass is 347 g/mol. The van der Waals surface area contributed by atoms with Crippen LogP contribution in [0.2, 0.25) is 0 Å². The lowest BCUT2D eigenvalue weighted by atomic mass is 10.0. The van der Waals surface area contributed by atoms with E-state index in [2.05, 4.69) is 4.72 Å². The number of hydrogen-bond donors (Lipinski definition) is 1. The Balaban J connectivity index is 2.32. The smallest absolute Gasteiger partial charge is 0.241 e. The van der Waals surface area contributed by atoms with Gasteiger partial charge in [0.25, 0.3) is 0 Å². The molecule has 0 saturated carbocycles. The first-order chi connectivity index (χ1) is 11.3. The van der Waals surface area contributed by atoms with Crippen molar-refractivity contribution in [3.05, 3.63) is 58.7 Å². The third kappa shape index (κ3) is 3.97. The van der Waals surface area contributed by atoms with E-state index in [4.69, 9.17) is 4.74 Å². The molecule has 0 saturated heterocycles. The van der Waals surface area contributed by atoms with Crippen molar-refractivity contribution in [2.45, 2.75) is 45.1 Å². The summed E-state index contributed by atoms with van der Waals surface area (Å²) in [4.78, 5) is 0.261. The lowest BCUT2D eigenvalue weighted by Gasteiger charge is -2.18. The zero-order valence-electron chi connectivity index (χ0n) is 14.9. The molecular formula is C19H25NO3S. The van der Waals surface area contributed by atoms with Crippen LogP contribution in [0.3, 0.4) is 0 Å². The van der Waals surface area contributed by atoms with Gasteiger partial charge in [0.05, 0.1) is 12.0 Å². The number of methoxy groups -OCH3 is 1. The highest BCUT2D eigenvalue weighted by molar-refractivity contribution is 7.89. The maximum Gasteiger partial charge on any atom is 0.241 e. The molecule has 0 aliphatic carbocycles. The summed E-state index contributed by atoms with van der Waals surface area (Å²) in [5, 5.41) is 0. The van der Waals surface area contributed by atoms with Crippen LogP contribution in [0.15, 0.2) is 41.3 Å². The van der Waals surface area contributed by atoms with Gasteiger partial charge in [0.2, 0.25) is 10.0 Å².